The minimum Gasteiger partial charge on any atom is -0.480 e. The van der Waals surface area contributed by atoms with Crippen LogP contribution in [0.3, 0.4) is 0 Å². The Balaban J connectivity index is 1.90. The minimum absolute atomic E-state index is 0.0729. The number of amides is 1. The van der Waals surface area contributed by atoms with Crippen LogP contribution in [0, 0.1) is 0 Å². The highest BCUT2D eigenvalue weighted by Crippen LogP contribution is 2.22. The summed E-state index contributed by atoms with van der Waals surface area (Å²) in [5.41, 5.74) is 1.10. The second-order valence-electron chi connectivity index (χ2n) is 4.20. The SMILES string of the molecule is O=C(O)C1CSCN1C(=O)CCc1ccccc1. The van der Waals surface area contributed by atoms with Crippen molar-refractivity contribution in [1.82, 2.24) is 4.90 Å². The third-order valence-corrected chi connectivity index (χ3v) is 3.97. The molecule has 1 aliphatic heterocycles. The van der Waals surface area contributed by atoms with Crippen molar-refractivity contribution >= 4 is 23.6 Å². The quantitative estimate of drug-likeness (QED) is 0.898. The van der Waals surface area contributed by atoms with Gasteiger partial charge >= 0.3 is 5.97 Å². The van der Waals surface area contributed by atoms with Crippen LogP contribution in [0.5, 0.6) is 0 Å². The van der Waals surface area contributed by atoms with Crippen molar-refractivity contribution < 1.29 is 14.7 Å². The molecule has 1 atom stereocenters. The monoisotopic (exact) mass is 265 g/mol. The van der Waals surface area contributed by atoms with Gasteiger partial charge in [0.15, 0.2) is 0 Å². The molecule has 18 heavy (non-hydrogen) atoms. The largest absolute Gasteiger partial charge is 0.480 e. The van der Waals surface area contributed by atoms with E-state index in [1.807, 2.05) is 30.3 Å². The van der Waals surface area contributed by atoms with Crippen molar-refractivity contribution in [2.75, 3.05) is 11.6 Å². The number of carboxylic acid groups (broad SMARTS) is 1. The van der Waals surface area contributed by atoms with E-state index >= 15 is 0 Å². The molecular weight excluding hydrogens is 250 g/mol. The van der Waals surface area contributed by atoms with Gasteiger partial charge in [-0.25, -0.2) is 4.79 Å². The molecule has 2 rings (SSSR count). The third kappa shape index (κ3) is 3.04. The number of thioether (sulfide) groups is 1. The van der Waals surface area contributed by atoms with Crippen LogP contribution in [0.1, 0.15) is 12.0 Å². The fourth-order valence-corrected chi connectivity index (χ4v) is 3.10. The maximum atomic E-state index is 12.0. The van der Waals surface area contributed by atoms with Gasteiger partial charge in [-0.15, -0.1) is 11.8 Å². The van der Waals surface area contributed by atoms with Gasteiger partial charge < -0.3 is 10.0 Å². The maximum absolute atomic E-state index is 12.0. The van der Waals surface area contributed by atoms with Crippen molar-refractivity contribution in [3.8, 4) is 0 Å². The van der Waals surface area contributed by atoms with Gasteiger partial charge in [0.1, 0.15) is 6.04 Å². The second kappa shape index (κ2) is 5.91. The average molecular weight is 265 g/mol. The Hall–Kier alpha value is -1.49. The molecule has 1 heterocycles. The van der Waals surface area contributed by atoms with Crippen LogP contribution in [0.25, 0.3) is 0 Å². The molecule has 0 saturated carbocycles. The molecule has 96 valence electrons. The maximum Gasteiger partial charge on any atom is 0.327 e. The van der Waals surface area contributed by atoms with Gasteiger partial charge in [0, 0.05) is 12.2 Å². The minimum atomic E-state index is -0.909. The van der Waals surface area contributed by atoms with E-state index in [0.29, 0.717) is 24.5 Å². The molecule has 1 unspecified atom stereocenters. The highest BCUT2D eigenvalue weighted by Gasteiger charge is 2.33. The zero-order valence-corrected chi connectivity index (χ0v) is 10.7. The molecule has 1 amide bonds. The summed E-state index contributed by atoms with van der Waals surface area (Å²) < 4.78 is 0. The van der Waals surface area contributed by atoms with Crippen LogP contribution >= 0.6 is 11.8 Å². The van der Waals surface area contributed by atoms with Crippen LogP contribution < -0.4 is 0 Å². The van der Waals surface area contributed by atoms with Gasteiger partial charge in [-0.1, -0.05) is 30.3 Å². The van der Waals surface area contributed by atoms with Crippen molar-refractivity contribution in [2.24, 2.45) is 0 Å². The van der Waals surface area contributed by atoms with Crippen molar-refractivity contribution in [3.63, 3.8) is 0 Å². The molecule has 0 aliphatic carbocycles. The lowest BCUT2D eigenvalue weighted by Gasteiger charge is -2.20. The van der Waals surface area contributed by atoms with Gasteiger partial charge in [0.05, 0.1) is 5.88 Å². The van der Waals surface area contributed by atoms with Crippen LogP contribution in [0.4, 0.5) is 0 Å². The zero-order valence-electron chi connectivity index (χ0n) is 9.91. The van der Waals surface area contributed by atoms with E-state index in [2.05, 4.69) is 0 Å². The molecule has 0 spiro atoms. The molecule has 1 N–H and O–H groups in total. The van der Waals surface area contributed by atoms with E-state index in [4.69, 9.17) is 5.11 Å². The second-order valence-corrected chi connectivity index (χ2v) is 5.20. The number of carboxylic acids is 1. The van der Waals surface area contributed by atoms with E-state index in [1.165, 1.54) is 16.7 Å². The Kier molecular flexibility index (Phi) is 4.25. The Morgan fingerprint density at radius 3 is 2.72 bits per heavy atom. The summed E-state index contributed by atoms with van der Waals surface area (Å²) in [7, 11) is 0. The number of benzene rings is 1. The zero-order chi connectivity index (χ0) is 13.0. The molecule has 0 bridgehead atoms. The van der Waals surface area contributed by atoms with Crippen molar-refractivity contribution in [1.29, 1.82) is 0 Å². The van der Waals surface area contributed by atoms with Gasteiger partial charge in [-0.2, -0.15) is 0 Å². The lowest BCUT2D eigenvalue weighted by Crippen LogP contribution is -2.41. The fourth-order valence-electron chi connectivity index (χ4n) is 1.93. The first-order chi connectivity index (χ1) is 8.68. The molecule has 5 heteroatoms. The number of hydrogen-bond acceptors (Lipinski definition) is 3. The van der Waals surface area contributed by atoms with Crippen LogP contribution in [0.2, 0.25) is 0 Å². The highest BCUT2D eigenvalue weighted by atomic mass is 32.2. The van der Waals surface area contributed by atoms with E-state index in [1.54, 1.807) is 0 Å². The first-order valence-corrected chi connectivity index (χ1v) is 6.98. The molecule has 1 saturated heterocycles. The molecule has 0 radical (unpaired) electrons. The smallest absolute Gasteiger partial charge is 0.327 e. The summed E-state index contributed by atoms with van der Waals surface area (Å²) in [6.07, 6.45) is 1.03. The number of aliphatic carboxylic acids is 1. The summed E-state index contributed by atoms with van der Waals surface area (Å²) in [6, 6.07) is 9.10. The summed E-state index contributed by atoms with van der Waals surface area (Å²) in [5.74, 6) is 0.00102. The number of carbonyl (C=O) groups excluding carboxylic acids is 1. The first-order valence-electron chi connectivity index (χ1n) is 5.82. The van der Waals surface area contributed by atoms with Gasteiger partial charge in [-0.3, -0.25) is 4.79 Å². The number of aryl methyl sites for hydroxylation is 1. The fraction of sp³-hybridized carbons (Fsp3) is 0.385. The molecule has 1 aromatic carbocycles. The van der Waals surface area contributed by atoms with Gasteiger partial charge in [0.25, 0.3) is 0 Å². The average Bonchev–Trinajstić information content (AvgIpc) is 2.86. The van der Waals surface area contributed by atoms with E-state index in [-0.39, 0.29) is 5.91 Å². The van der Waals surface area contributed by atoms with E-state index < -0.39 is 12.0 Å². The Morgan fingerprint density at radius 1 is 1.33 bits per heavy atom. The molecular formula is C13H15NO3S. The standard InChI is InChI=1S/C13H15NO3S/c15-12(7-6-10-4-2-1-3-5-10)14-9-18-8-11(14)13(16)17/h1-5,11H,6-9H2,(H,16,17). The van der Waals surface area contributed by atoms with Gasteiger partial charge in [0.2, 0.25) is 5.91 Å². The summed E-state index contributed by atoms with van der Waals surface area (Å²) in [5, 5.41) is 9.01. The molecule has 1 aliphatic rings. The predicted molar refractivity (Wildman–Crippen MR) is 70.4 cm³/mol. The third-order valence-electron chi connectivity index (χ3n) is 2.96. The first kappa shape index (κ1) is 13.0. The Morgan fingerprint density at radius 2 is 2.06 bits per heavy atom. The molecule has 1 fully saturated rings. The lowest BCUT2D eigenvalue weighted by atomic mass is 10.1. The predicted octanol–water partition coefficient (Wildman–Crippen LogP) is 1.61. The Bertz CT molecular complexity index is 435. The van der Waals surface area contributed by atoms with E-state index in [9.17, 15) is 9.59 Å². The molecule has 0 aromatic heterocycles. The number of rotatable bonds is 4. The van der Waals surface area contributed by atoms with Crippen molar-refractivity contribution in [2.45, 2.75) is 18.9 Å². The summed E-state index contributed by atoms with van der Waals surface area (Å²) in [4.78, 5) is 24.4. The number of hydrogen-bond donors (Lipinski definition) is 1. The lowest BCUT2D eigenvalue weighted by molar-refractivity contribution is -0.147. The highest BCUT2D eigenvalue weighted by molar-refractivity contribution is 7.99. The summed E-state index contributed by atoms with van der Waals surface area (Å²) in [6.45, 7) is 0. The normalized spacial score (nSPS) is 18.9. The van der Waals surface area contributed by atoms with Crippen LogP contribution in [0.15, 0.2) is 30.3 Å². The van der Waals surface area contributed by atoms with Crippen LogP contribution in [-0.4, -0.2) is 39.6 Å². The summed E-state index contributed by atoms with van der Waals surface area (Å²) >= 11 is 1.49. The van der Waals surface area contributed by atoms with Crippen LogP contribution in [-0.2, 0) is 16.0 Å². The molecule has 1 aromatic rings. The molecule has 4 nitrogen and oxygen atoms in total. The number of carbonyl (C=O) groups is 2. The van der Waals surface area contributed by atoms with Gasteiger partial charge in [-0.05, 0) is 12.0 Å². The van der Waals surface area contributed by atoms with E-state index in [0.717, 1.165) is 5.56 Å². The number of nitrogens with zero attached hydrogens (tertiary/aromatic N) is 1. The van der Waals surface area contributed by atoms with Crippen molar-refractivity contribution in [3.05, 3.63) is 35.9 Å². The topological polar surface area (TPSA) is 57.6 Å². The Labute approximate surface area is 110 Å².